The van der Waals surface area contributed by atoms with E-state index in [1.807, 2.05) is 0 Å². The number of nitro benzene ring substituents is 1. The topological polar surface area (TPSA) is 69.4 Å². The van der Waals surface area contributed by atoms with Crippen LogP contribution in [0, 0.1) is 10.1 Å². The first-order valence-corrected chi connectivity index (χ1v) is 5.50. The largest absolute Gasteiger partial charge is 0.487 e. The molecular weight excluding hydrogens is 246 g/mol. The number of hydrogen-bond acceptors (Lipinski definition) is 4. The Balaban J connectivity index is 3.18. The Labute approximate surface area is 103 Å². The maximum Gasteiger partial charge on any atom is 0.311 e. The molecule has 0 N–H and O–H groups in total. The normalized spacial score (nSPS) is 11.9. The lowest BCUT2D eigenvalue weighted by molar-refractivity contribution is -0.385. The molecule has 6 heteroatoms. The number of Topliss-reactive ketones (excluding diaryl/α,β-unsaturated/α-hetero) is 1. The molecule has 0 heterocycles. The summed E-state index contributed by atoms with van der Waals surface area (Å²) in [5.74, 6) is -0.200. The van der Waals surface area contributed by atoms with Crippen LogP contribution in [-0.2, 0) is 0 Å². The fourth-order valence-electron chi connectivity index (χ4n) is 1.32. The lowest BCUT2D eigenvalue weighted by Crippen LogP contribution is -2.11. The molecule has 0 aliphatic heterocycles. The lowest BCUT2D eigenvalue weighted by Gasteiger charge is -2.06. The first-order chi connectivity index (χ1) is 7.97. The molecule has 0 amide bonds. The van der Waals surface area contributed by atoms with Crippen molar-refractivity contribution in [3.63, 3.8) is 0 Å². The molecule has 0 saturated heterocycles. The van der Waals surface area contributed by atoms with Crippen molar-refractivity contribution < 1.29 is 14.5 Å². The monoisotopic (exact) mass is 257 g/mol. The van der Waals surface area contributed by atoms with Crippen molar-refractivity contribution in [3.8, 4) is 5.75 Å². The number of alkyl halides is 1. The highest BCUT2D eigenvalue weighted by molar-refractivity contribution is 6.33. The molecule has 1 unspecified atom stereocenters. The molecule has 5 nitrogen and oxygen atoms in total. The molecular formula is C11H12ClNO4. The second-order valence-corrected chi connectivity index (χ2v) is 4.01. The summed E-state index contributed by atoms with van der Waals surface area (Å²) in [4.78, 5) is 21.8. The number of carbonyl (C=O) groups excluding carboxylic acids is 1. The van der Waals surface area contributed by atoms with Crippen LogP contribution in [0.3, 0.4) is 0 Å². The smallest absolute Gasteiger partial charge is 0.311 e. The molecule has 0 fully saturated rings. The van der Waals surface area contributed by atoms with E-state index in [9.17, 15) is 14.9 Å². The summed E-state index contributed by atoms with van der Waals surface area (Å²) in [6, 6.07) is 4.07. The highest BCUT2D eigenvalue weighted by Crippen LogP contribution is 2.28. The molecule has 1 atom stereocenters. The summed E-state index contributed by atoms with van der Waals surface area (Å²) in [5.41, 5.74) is -0.0160. The first kappa shape index (κ1) is 13.4. The molecule has 0 aromatic heterocycles. The third kappa shape index (κ3) is 3.17. The Kier molecular flexibility index (Phi) is 4.45. The van der Waals surface area contributed by atoms with E-state index < -0.39 is 10.3 Å². The fourth-order valence-corrected chi connectivity index (χ4v) is 1.45. The van der Waals surface area contributed by atoms with Crippen molar-refractivity contribution in [2.75, 3.05) is 6.61 Å². The van der Waals surface area contributed by atoms with Crippen LogP contribution in [0.4, 0.5) is 5.69 Å². The van der Waals surface area contributed by atoms with Gasteiger partial charge in [0.2, 0.25) is 0 Å². The van der Waals surface area contributed by atoms with E-state index in [-0.39, 0.29) is 22.8 Å². The Morgan fingerprint density at radius 1 is 1.59 bits per heavy atom. The zero-order valence-corrected chi connectivity index (χ0v) is 10.2. The van der Waals surface area contributed by atoms with Gasteiger partial charge in [0.1, 0.15) is 0 Å². The van der Waals surface area contributed by atoms with Gasteiger partial charge in [-0.3, -0.25) is 14.9 Å². The van der Waals surface area contributed by atoms with E-state index >= 15 is 0 Å². The third-order valence-electron chi connectivity index (χ3n) is 2.10. The molecule has 0 aliphatic rings. The van der Waals surface area contributed by atoms with Gasteiger partial charge >= 0.3 is 5.69 Å². The molecule has 1 aromatic rings. The zero-order chi connectivity index (χ0) is 13.0. The average molecular weight is 258 g/mol. The molecule has 0 saturated carbocycles. The van der Waals surface area contributed by atoms with Crippen LogP contribution in [0.15, 0.2) is 18.2 Å². The summed E-state index contributed by atoms with van der Waals surface area (Å²) in [7, 11) is 0. The van der Waals surface area contributed by atoms with Crippen LogP contribution in [-0.4, -0.2) is 22.7 Å². The molecule has 1 aromatic carbocycles. The number of benzene rings is 1. The van der Waals surface area contributed by atoms with Crippen molar-refractivity contribution >= 4 is 23.1 Å². The van der Waals surface area contributed by atoms with E-state index in [2.05, 4.69) is 0 Å². The molecule has 0 aliphatic carbocycles. The standard InChI is InChI=1S/C11H12ClNO4/c1-3-17-10-5-4-8(11(14)7(2)12)6-9(10)13(15)16/h4-7H,3H2,1-2H3. The Bertz CT molecular complexity index is 445. The molecule has 92 valence electrons. The van der Waals surface area contributed by atoms with E-state index in [4.69, 9.17) is 16.3 Å². The summed E-state index contributed by atoms with van der Waals surface area (Å²) >= 11 is 5.64. The highest BCUT2D eigenvalue weighted by atomic mass is 35.5. The number of hydrogen-bond donors (Lipinski definition) is 0. The number of carbonyl (C=O) groups is 1. The molecule has 0 radical (unpaired) electrons. The number of nitro groups is 1. The van der Waals surface area contributed by atoms with Gasteiger partial charge in [0, 0.05) is 11.6 Å². The van der Waals surface area contributed by atoms with Gasteiger partial charge in [-0.1, -0.05) is 0 Å². The summed E-state index contributed by atoms with van der Waals surface area (Å²) in [5, 5.41) is 10.1. The Hall–Kier alpha value is -1.62. The number of nitrogens with zero attached hydrogens (tertiary/aromatic N) is 1. The van der Waals surface area contributed by atoms with Gasteiger partial charge in [-0.2, -0.15) is 0 Å². The minimum Gasteiger partial charge on any atom is -0.487 e. The van der Waals surface area contributed by atoms with Gasteiger partial charge in [0.05, 0.1) is 16.9 Å². The minimum atomic E-state index is -0.715. The predicted molar refractivity (Wildman–Crippen MR) is 63.9 cm³/mol. The van der Waals surface area contributed by atoms with Crippen LogP contribution in [0.5, 0.6) is 5.75 Å². The first-order valence-electron chi connectivity index (χ1n) is 5.07. The Morgan fingerprint density at radius 3 is 2.71 bits per heavy atom. The summed E-state index contributed by atoms with van der Waals surface area (Å²) < 4.78 is 5.11. The highest BCUT2D eigenvalue weighted by Gasteiger charge is 2.20. The van der Waals surface area contributed by atoms with Gasteiger partial charge in [-0.15, -0.1) is 11.6 Å². The van der Waals surface area contributed by atoms with E-state index in [1.54, 1.807) is 6.92 Å². The maximum atomic E-state index is 11.6. The zero-order valence-electron chi connectivity index (χ0n) is 9.47. The SMILES string of the molecule is CCOc1ccc(C(=O)C(C)Cl)cc1[N+](=O)[O-]. The van der Waals surface area contributed by atoms with Crippen LogP contribution < -0.4 is 4.74 Å². The number of rotatable bonds is 5. The minimum absolute atomic E-state index is 0.149. The quantitative estimate of drug-likeness (QED) is 0.352. The van der Waals surface area contributed by atoms with Crippen LogP contribution in [0.2, 0.25) is 0 Å². The molecule has 1 rings (SSSR count). The second kappa shape index (κ2) is 5.63. The van der Waals surface area contributed by atoms with Crippen LogP contribution >= 0.6 is 11.6 Å². The fraction of sp³-hybridized carbons (Fsp3) is 0.364. The Morgan fingerprint density at radius 2 is 2.24 bits per heavy atom. The second-order valence-electron chi connectivity index (χ2n) is 3.35. The van der Waals surface area contributed by atoms with E-state index in [0.29, 0.717) is 6.61 Å². The molecule has 17 heavy (non-hydrogen) atoms. The van der Waals surface area contributed by atoms with Crippen molar-refractivity contribution in [1.82, 2.24) is 0 Å². The van der Waals surface area contributed by atoms with Gasteiger partial charge in [-0.05, 0) is 26.0 Å². The predicted octanol–water partition coefficient (Wildman–Crippen LogP) is 2.80. The third-order valence-corrected chi connectivity index (χ3v) is 2.30. The average Bonchev–Trinajstić information content (AvgIpc) is 2.28. The van der Waals surface area contributed by atoms with Crippen molar-refractivity contribution in [3.05, 3.63) is 33.9 Å². The number of halogens is 1. The van der Waals surface area contributed by atoms with Gasteiger partial charge in [0.15, 0.2) is 11.5 Å². The van der Waals surface area contributed by atoms with Crippen LogP contribution in [0.1, 0.15) is 24.2 Å². The van der Waals surface area contributed by atoms with Crippen molar-refractivity contribution in [2.24, 2.45) is 0 Å². The van der Waals surface area contributed by atoms with Crippen molar-refractivity contribution in [1.29, 1.82) is 0 Å². The van der Waals surface area contributed by atoms with E-state index in [0.717, 1.165) is 0 Å². The molecule has 0 spiro atoms. The summed E-state index contributed by atoms with van der Waals surface area (Å²) in [6.07, 6.45) is 0. The molecule has 0 bridgehead atoms. The van der Waals surface area contributed by atoms with Gasteiger partial charge in [-0.25, -0.2) is 0 Å². The van der Waals surface area contributed by atoms with Crippen LogP contribution in [0.25, 0.3) is 0 Å². The summed E-state index contributed by atoms with van der Waals surface area (Å²) in [6.45, 7) is 3.57. The lowest BCUT2D eigenvalue weighted by atomic mass is 10.1. The van der Waals surface area contributed by atoms with Gasteiger partial charge in [0.25, 0.3) is 0 Å². The van der Waals surface area contributed by atoms with Crippen molar-refractivity contribution in [2.45, 2.75) is 19.2 Å². The van der Waals surface area contributed by atoms with Gasteiger partial charge < -0.3 is 4.74 Å². The number of ether oxygens (including phenoxy) is 1. The maximum absolute atomic E-state index is 11.6. The number of ketones is 1. The van der Waals surface area contributed by atoms with E-state index in [1.165, 1.54) is 25.1 Å².